The Labute approximate surface area is 212 Å². The summed E-state index contributed by atoms with van der Waals surface area (Å²) in [5.74, 6) is 2.77. The monoisotopic (exact) mass is 490 g/mol. The van der Waals surface area contributed by atoms with Gasteiger partial charge in [0.25, 0.3) is 5.91 Å². The summed E-state index contributed by atoms with van der Waals surface area (Å²) < 4.78 is 6.42. The molecule has 8 heteroatoms. The van der Waals surface area contributed by atoms with Crippen LogP contribution in [0.3, 0.4) is 0 Å². The molecule has 2 aliphatic heterocycles. The molecule has 0 spiro atoms. The summed E-state index contributed by atoms with van der Waals surface area (Å²) in [5, 5.41) is 2.34. The third-order valence-corrected chi connectivity index (χ3v) is 7.43. The number of carbonyl (C=O) groups is 3. The smallest absolute Gasteiger partial charge is 0.255 e. The van der Waals surface area contributed by atoms with Crippen molar-refractivity contribution >= 4 is 23.9 Å². The van der Waals surface area contributed by atoms with E-state index in [-0.39, 0.29) is 24.3 Å². The Kier molecular flexibility index (Phi) is 8.21. The van der Waals surface area contributed by atoms with Crippen LogP contribution in [-0.2, 0) is 16.1 Å². The van der Waals surface area contributed by atoms with E-state index >= 15 is 0 Å². The summed E-state index contributed by atoms with van der Waals surface area (Å²) in [6.45, 7) is 2.97. The van der Waals surface area contributed by atoms with E-state index in [4.69, 9.17) is 16.9 Å². The zero-order chi connectivity index (χ0) is 25.7. The van der Waals surface area contributed by atoms with Crippen molar-refractivity contribution in [2.75, 3.05) is 6.54 Å². The molecule has 190 valence electrons. The Morgan fingerprint density at radius 3 is 2.86 bits per heavy atom. The standard InChI is InChI=1S/C28H34N4O4/c1-3-15-30-23(13-14-29)18(2)7-8-19-5-4-6-25(19)36-21-9-10-22-20(16-21)17-32(28(22)35)24-11-12-26(33)31-27(24)34/h1,9-10,15-16,19,24-25H,4-8,11-14,17,29H2,2H3,(H,31,33,34)/b23-18+,30-15?/t19-,24?,25-/m1/s1. The van der Waals surface area contributed by atoms with Crippen LogP contribution in [0.25, 0.3) is 0 Å². The maximum atomic E-state index is 12.9. The fourth-order valence-electron chi connectivity index (χ4n) is 5.47. The lowest BCUT2D eigenvalue weighted by Gasteiger charge is -2.29. The van der Waals surface area contributed by atoms with Crippen molar-refractivity contribution in [2.24, 2.45) is 16.6 Å². The highest BCUT2D eigenvalue weighted by Crippen LogP contribution is 2.36. The van der Waals surface area contributed by atoms with Gasteiger partial charge in [0.05, 0.1) is 6.21 Å². The zero-order valence-electron chi connectivity index (χ0n) is 20.8. The van der Waals surface area contributed by atoms with Gasteiger partial charge in [0.2, 0.25) is 11.8 Å². The number of imide groups is 1. The van der Waals surface area contributed by atoms with Gasteiger partial charge in [-0.25, -0.2) is 0 Å². The predicted molar refractivity (Wildman–Crippen MR) is 137 cm³/mol. The van der Waals surface area contributed by atoms with Crippen LogP contribution < -0.4 is 15.8 Å². The summed E-state index contributed by atoms with van der Waals surface area (Å²) in [6, 6.07) is 4.95. The molecule has 2 fully saturated rings. The number of amides is 3. The number of hydrogen-bond donors (Lipinski definition) is 2. The van der Waals surface area contributed by atoms with Gasteiger partial charge in [0.1, 0.15) is 17.9 Å². The Balaban J connectivity index is 1.39. The Morgan fingerprint density at radius 2 is 2.11 bits per heavy atom. The quantitative estimate of drug-likeness (QED) is 0.314. The first kappa shape index (κ1) is 25.6. The van der Waals surface area contributed by atoms with Gasteiger partial charge < -0.3 is 15.4 Å². The molecule has 0 radical (unpaired) electrons. The van der Waals surface area contributed by atoms with Crippen LogP contribution in [-0.4, -0.2) is 47.5 Å². The Morgan fingerprint density at radius 1 is 1.28 bits per heavy atom. The number of terminal acetylenes is 1. The van der Waals surface area contributed by atoms with Crippen LogP contribution in [0.2, 0.25) is 0 Å². The molecule has 3 N–H and O–H groups in total. The molecule has 1 unspecified atom stereocenters. The highest BCUT2D eigenvalue weighted by atomic mass is 16.5. The first-order chi connectivity index (χ1) is 17.4. The van der Waals surface area contributed by atoms with Crippen molar-refractivity contribution in [3.8, 4) is 18.1 Å². The molecular formula is C28H34N4O4. The molecule has 1 aliphatic carbocycles. The SMILES string of the molecule is C#CC=N/C(CCN)=C(\C)CC[C@H]1CCC[C@H]1Oc1ccc2c(c1)CN(C1CCC(=O)NC1=O)C2=O. The fraction of sp³-hybridized carbons (Fsp3) is 0.500. The lowest BCUT2D eigenvalue weighted by atomic mass is 9.95. The van der Waals surface area contributed by atoms with Gasteiger partial charge in [-0.1, -0.05) is 11.5 Å². The number of nitrogens with zero attached hydrogens (tertiary/aromatic N) is 2. The summed E-state index contributed by atoms with van der Waals surface area (Å²) in [6.07, 6.45) is 13.4. The summed E-state index contributed by atoms with van der Waals surface area (Å²) in [7, 11) is 0. The molecule has 0 aromatic heterocycles. The van der Waals surface area contributed by atoms with Gasteiger partial charge in [0.15, 0.2) is 0 Å². The normalized spacial score (nSPS) is 24.5. The van der Waals surface area contributed by atoms with Gasteiger partial charge >= 0.3 is 0 Å². The van der Waals surface area contributed by atoms with Crippen LogP contribution in [0.15, 0.2) is 34.5 Å². The van der Waals surface area contributed by atoms with E-state index in [0.717, 1.165) is 49.1 Å². The average molecular weight is 491 g/mol. The van der Waals surface area contributed by atoms with Crippen LogP contribution >= 0.6 is 0 Å². The van der Waals surface area contributed by atoms with Crippen LogP contribution in [0.1, 0.15) is 74.2 Å². The van der Waals surface area contributed by atoms with E-state index in [2.05, 4.69) is 23.2 Å². The second-order valence-corrected chi connectivity index (χ2v) is 9.80. The summed E-state index contributed by atoms with van der Waals surface area (Å²) >= 11 is 0. The second-order valence-electron chi connectivity index (χ2n) is 9.80. The van der Waals surface area contributed by atoms with Gasteiger partial charge in [-0.2, -0.15) is 0 Å². The molecule has 3 aliphatic rings. The number of aliphatic imine (C=N–C) groups is 1. The summed E-state index contributed by atoms with van der Waals surface area (Å²) in [4.78, 5) is 42.7. The molecular weight excluding hydrogens is 456 g/mol. The van der Waals surface area contributed by atoms with Crippen molar-refractivity contribution in [1.82, 2.24) is 10.2 Å². The first-order valence-electron chi connectivity index (χ1n) is 12.7. The highest BCUT2D eigenvalue weighted by molar-refractivity contribution is 6.05. The molecule has 1 aromatic carbocycles. The molecule has 3 amide bonds. The minimum Gasteiger partial charge on any atom is -0.490 e. The fourth-order valence-corrected chi connectivity index (χ4v) is 5.47. The lowest BCUT2D eigenvalue weighted by Crippen LogP contribution is -2.52. The van der Waals surface area contributed by atoms with Gasteiger partial charge in [-0.3, -0.25) is 24.7 Å². The first-order valence-corrected chi connectivity index (χ1v) is 12.7. The molecule has 1 saturated carbocycles. The molecule has 4 rings (SSSR count). The third kappa shape index (κ3) is 5.68. The number of allylic oxidation sites excluding steroid dienone is 1. The summed E-state index contributed by atoms with van der Waals surface area (Å²) in [5.41, 5.74) is 9.36. The second kappa shape index (κ2) is 11.5. The number of rotatable bonds is 9. The van der Waals surface area contributed by atoms with Gasteiger partial charge in [0, 0.05) is 30.6 Å². The van der Waals surface area contributed by atoms with E-state index < -0.39 is 11.9 Å². The number of piperidine rings is 1. The van der Waals surface area contributed by atoms with Crippen molar-refractivity contribution in [3.63, 3.8) is 0 Å². The van der Waals surface area contributed by atoms with Crippen LogP contribution in [0, 0.1) is 18.3 Å². The van der Waals surface area contributed by atoms with Crippen LogP contribution in [0.5, 0.6) is 5.75 Å². The molecule has 8 nitrogen and oxygen atoms in total. The lowest BCUT2D eigenvalue weighted by molar-refractivity contribution is -0.136. The van der Waals surface area contributed by atoms with Crippen molar-refractivity contribution in [2.45, 2.75) is 77.0 Å². The Hall–Kier alpha value is -3.44. The zero-order valence-corrected chi connectivity index (χ0v) is 20.8. The highest BCUT2D eigenvalue weighted by Gasteiger charge is 2.39. The van der Waals surface area contributed by atoms with E-state index in [1.54, 1.807) is 11.0 Å². The van der Waals surface area contributed by atoms with Gasteiger partial charge in [-0.05, 0) is 81.7 Å². The number of nitrogens with one attached hydrogen (secondary N) is 1. The number of carbonyl (C=O) groups excluding carboxylic acids is 3. The average Bonchev–Trinajstić information content (AvgIpc) is 3.43. The maximum Gasteiger partial charge on any atom is 0.255 e. The van der Waals surface area contributed by atoms with E-state index in [1.807, 2.05) is 12.1 Å². The van der Waals surface area contributed by atoms with Crippen molar-refractivity contribution in [3.05, 3.63) is 40.6 Å². The largest absolute Gasteiger partial charge is 0.490 e. The van der Waals surface area contributed by atoms with E-state index in [9.17, 15) is 14.4 Å². The molecule has 2 heterocycles. The molecule has 1 aromatic rings. The maximum absolute atomic E-state index is 12.9. The number of hydrogen-bond acceptors (Lipinski definition) is 6. The minimum absolute atomic E-state index is 0.117. The number of ether oxygens (including phenoxy) is 1. The number of nitrogens with two attached hydrogens (primary N) is 1. The minimum atomic E-state index is -0.614. The van der Waals surface area contributed by atoms with Gasteiger partial charge in [-0.15, -0.1) is 6.42 Å². The molecule has 3 atom stereocenters. The molecule has 1 saturated heterocycles. The van der Waals surface area contributed by atoms with E-state index in [1.165, 1.54) is 11.8 Å². The van der Waals surface area contributed by atoms with E-state index in [0.29, 0.717) is 37.4 Å². The van der Waals surface area contributed by atoms with Crippen LogP contribution in [0.4, 0.5) is 0 Å². The molecule has 0 bridgehead atoms. The molecule has 36 heavy (non-hydrogen) atoms. The topological polar surface area (TPSA) is 114 Å². The number of benzene rings is 1. The number of fused-ring (bicyclic) bond motifs is 1. The third-order valence-electron chi connectivity index (χ3n) is 7.43. The van der Waals surface area contributed by atoms with Crippen molar-refractivity contribution in [1.29, 1.82) is 0 Å². The van der Waals surface area contributed by atoms with Crippen molar-refractivity contribution < 1.29 is 19.1 Å². The predicted octanol–water partition coefficient (Wildman–Crippen LogP) is 3.10. The Bertz CT molecular complexity index is 1130.